The van der Waals surface area contributed by atoms with Crippen LogP contribution in [0.25, 0.3) is 0 Å². The van der Waals surface area contributed by atoms with E-state index >= 15 is 0 Å². The highest BCUT2D eigenvalue weighted by Crippen LogP contribution is 2.34. The van der Waals surface area contributed by atoms with Crippen molar-refractivity contribution in [3.8, 4) is 0 Å². The average molecular weight is 269 g/mol. The third-order valence-corrected chi connectivity index (χ3v) is 4.20. The van der Waals surface area contributed by atoms with Crippen LogP contribution in [0.1, 0.15) is 30.2 Å². The molecule has 0 aromatic carbocycles. The summed E-state index contributed by atoms with van der Waals surface area (Å²) in [5.74, 6) is -0.130. The lowest BCUT2D eigenvalue weighted by atomic mass is 10.1. The SMILES string of the molecule is COCC(NC(CC(=O)O)c1cccs1)C1CC1. The molecule has 100 valence electrons. The van der Waals surface area contributed by atoms with Crippen molar-refractivity contribution < 1.29 is 14.6 Å². The second-order valence-electron chi connectivity index (χ2n) is 4.73. The van der Waals surface area contributed by atoms with E-state index in [9.17, 15) is 4.79 Å². The van der Waals surface area contributed by atoms with E-state index in [1.54, 1.807) is 18.4 Å². The number of hydrogen-bond acceptors (Lipinski definition) is 4. The molecule has 2 rings (SSSR count). The van der Waals surface area contributed by atoms with Gasteiger partial charge in [-0.2, -0.15) is 0 Å². The molecular weight excluding hydrogens is 250 g/mol. The van der Waals surface area contributed by atoms with E-state index in [1.807, 2.05) is 17.5 Å². The normalized spacial score (nSPS) is 18.5. The highest BCUT2D eigenvalue weighted by molar-refractivity contribution is 7.10. The van der Waals surface area contributed by atoms with Gasteiger partial charge in [0.05, 0.1) is 19.1 Å². The van der Waals surface area contributed by atoms with Crippen molar-refractivity contribution in [2.75, 3.05) is 13.7 Å². The highest BCUT2D eigenvalue weighted by Gasteiger charge is 2.33. The van der Waals surface area contributed by atoms with Crippen LogP contribution < -0.4 is 5.32 Å². The number of carboxylic acids is 1. The number of thiophene rings is 1. The standard InChI is InChI=1S/C13H19NO3S/c1-17-8-11(9-4-5-9)14-10(7-13(15)16)12-3-2-6-18-12/h2-3,6,9-11,14H,4-5,7-8H2,1H3,(H,15,16). The zero-order valence-electron chi connectivity index (χ0n) is 10.5. The summed E-state index contributed by atoms with van der Waals surface area (Å²) in [6.45, 7) is 0.645. The minimum Gasteiger partial charge on any atom is -0.481 e. The minimum absolute atomic E-state index is 0.108. The molecule has 2 atom stereocenters. The summed E-state index contributed by atoms with van der Waals surface area (Å²) in [5, 5.41) is 14.4. The Labute approximate surface area is 111 Å². The van der Waals surface area contributed by atoms with Crippen molar-refractivity contribution >= 4 is 17.3 Å². The van der Waals surface area contributed by atoms with Crippen LogP contribution in [0, 0.1) is 5.92 Å². The van der Waals surface area contributed by atoms with Gasteiger partial charge in [-0.1, -0.05) is 6.07 Å². The van der Waals surface area contributed by atoms with E-state index in [-0.39, 0.29) is 18.5 Å². The molecule has 1 fully saturated rings. The predicted molar refractivity (Wildman–Crippen MR) is 70.8 cm³/mol. The molecular formula is C13H19NO3S. The number of hydrogen-bond donors (Lipinski definition) is 2. The quantitative estimate of drug-likeness (QED) is 0.760. The summed E-state index contributed by atoms with van der Waals surface area (Å²) in [5.41, 5.74) is 0. The number of nitrogens with one attached hydrogen (secondary N) is 1. The molecule has 1 aromatic rings. The summed E-state index contributed by atoms with van der Waals surface area (Å²) in [4.78, 5) is 12.0. The van der Waals surface area contributed by atoms with Crippen LogP contribution in [0.3, 0.4) is 0 Å². The molecule has 0 spiro atoms. The summed E-state index contributed by atoms with van der Waals surface area (Å²) < 4.78 is 5.22. The first-order chi connectivity index (χ1) is 8.70. The fourth-order valence-electron chi connectivity index (χ4n) is 2.16. The summed E-state index contributed by atoms with van der Waals surface area (Å²) >= 11 is 1.60. The maximum absolute atomic E-state index is 11.0. The summed E-state index contributed by atoms with van der Waals surface area (Å²) in [6.07, 6.45) is 2.55. The summed E-state index contributed by atoms with van der Waals surface area (Å²) in [6, 6.07) is 4.10. The summed E-state index contributed by atoms with van der Waals surface area (Å²) in [7, 11) is 1.69. The number of aliphatic carboxylic acids is 1. The smallest absolute Gasteiger partial charge is 0.305 e. The van der Waals surface area contributed by atoms with Crippen molar-refractivity contribution in [1.82, 2.24) is 5.32 Å². The van der Waals surface area contributed by atoms with Gasteiger partial charge >= 0.3 is 5.97 Å². The molecule has 4 nitrogen and oxygen atoms in total. The monoisotopic (exact) mass is 269 g/mol. The molecule has 1 aliphatic carbocycles. The van der Waals surface area contributed by atoms with Crippen molar-refractivity contribution in [1.29, 1.82) is 0 Å². The Morgan fingerprint density at radius 2 is 2.44 bits per heavy atom. The first-order valence-corrected chi connectivity index (χ1v) is 7.09. The van der Waals surface area contributed by atoms with Crippen molar-refractivity contribution in [2.24, 2.45) is 5.92 Å². The zero-order valence-corrected chi connectivity index (χ0v) is 11.3. The fourth-order valence-corrected chi connectivity index (χ4v) is 2.95. The maximum Gasteiger partial charge on any atom is 0.305 e. The molecule has 18 heavy (non-hydrogen) atoms. The fraction of sp³-hybridized carbons (Fsp3) is 0.615. The van der Waals surface area contributed by atoms with Crippen LogP contribution in [0.2, 0.25) is 0 Å². The Kier molecular flexibility index (Phi) is 4.74. The van der Waals surface area contributed by atoms with Gasteiger partial charge in [-0.15, -0.1) is 11.3 Å². The van der Waals surface area contributed by atoms with Gasteiger partial charge in [0, 0.05) is 18.0 Å². The predicted octanol–water partition coefficient (Wildman–Crippen LogP) is 2.28. The molecule has 1 saturated carbocycles. The Morgan fingerprint density at radius 3 is 2.94 bits per heavy atom. The second-order valence-corrected chi connectivity index (χ2v) is 5.71. The molecule has 0 radical (unpaired) electrons. The molecule has 0 amide bonds. The molecule has 0 bridgehead atoms. The molecule has 0 saturated heterocycles. The van der Waals surface area contributed by atoms with E-state index in [1.165, 1.54) is 12.8 Å². The average Bonchev–Trinajstić information content (AvgIpc) is 3.02. The second kappa shape index (κ2) is 6.31. The topological polar surface area (TPSA) is 58.6 Å². The number of methoxy groups -OCH3 is 1. The van der Waals surface area contributed by atoms with Crippen LogP contribution in [0.4, 0.5) is 0 Å². The van der Waals surface area contributed by atoms with E-state index in [0.717, 1.165) is 4.88 Å². The Morgan fingerprint density at radius 1 is 1.67 bits per heavy atom. The number of carbonyl (C=O) groups is 1. The lowest BCUT2D eigenvalue weighted by Gasteiger charge is -2.23. The van der Waals surface area contributed by atoms with Crippen LogP contribution in [-0.4, -0.2) is 30.8 Å². The van der Waals surface area contributed by atoms with E-state index in [4.69, 9.17) is 9.84 Å². The van der Waals surface area contributed by atoms with E-state index in [0.29, 0.717) is 12.5 Å². The zero-order chi connectivity index (χ0) is 13.0. The van der Waals surface area contributed by atoms with E-state index in [2.05, 4.69) is 5.32 Å². The highest BCUT2D eigenvalue weighted by atomic mass is 32.1. The van der Waals surface area contributed by atoms with Crippen LogP contribution >= 0.6 is 11.3 Å². The van der Waals surface area contributed by atoms with Gasteiger partial charge < -0.3 is 15.2 Å². The van der Waals surface area contributed by atoms with Crippen LogP contribution in [0.5, 0.6) is 0 Å². The largest absolute Gasteiger partial charge is 0.481 e. The number of ether oxygens (including phenoxy) is 1. The van der Waals surface area contributed by atoms with Crippen molar-refractivity contribution in [2.45, 2.75) is 31.3 Å². The van der Waals surface area contributed by atoms with E-state index < -0.39 is 5.97 Å². The Bertz CT molecular complexity index is 376. The van der Waals surface area contributed by atoms with Gasteiger partial charge in [-0.05, 0) is 30.2 Å². The first kappa shape index (κ1) is 13.5. The molecule has 0 aliphatic heterocycles. The first-order valence-electron chi connectivity index (χ1n) is 6.21. The third-order valence-electron chi connectivity index (χ3n) is 3.22. The molecule has 1 aliphatic rings. The van der Waals surface area contributed by atoms with Crippen molar-refractivity contribution in [3.05, 3.63) is 22.4 Å². The molecule has 2 unspecified atom stereocenters. The van der Waals surface area contributed by atoms with Gasteiger partial charge in [-0.25, -0.2) is 0 Å². The van der Waals surface area contributed by atoms with Gasteiger partial charge in [0.1, 0.15) is 0 Å². The number of rotatable bonds is 8. The van der Waals surface area contributed by atoms with Crippen LogP contribution in [-0.2, 0) is 9.53 Å². The number of carboxylic acid groups (broad SMARTS) is 1. The van der Waals surface area contributed by atoms with Crippen LogP contribution in [0.15, 0.2) is 17.5 Å². The molecule has 2 N–H and O–H groups in total. The molecule has 1 heterocycles. The van der Waals surface area contributed by atoms with Crippen molar-refractivity contribution in [3.63, 3.8) is 0 Å². The van der Waals surface area contributed by atoms with Gasteiger partial charge in [0.25, 0.3) is 0 Å². The Balaban J connectivity index is 2.01. The van der Waals surface area contributed by atoms with Gasteiger partial charge in [-0.3, -0.25) is 4.79 Å². The third kappa shape index (κ3) is 3.80. The molecule has 5 heteroatoms. The molecule has 1 aromatic heterocycles. The Hall–Kier alpha value is -0.910. The van der Waals surface area contributed by atoms with Gasteiger partial charge in [0.15, 0.2) is 0 Å². The maximum atomic E-state index is 11.0. The lowest BCUT2D eigenvalue weighted by molar-refractivity contribution is -0.137. The lowest BCUT2D eigenvalue weighted by Crippen LogP contribution is -2.38. The minimum atomic E-state index is -0.770. The van der Waals surface area contributed by atoms with Gasteiger partial charge in [0.2, 0.25) is 0 Å².